The molecule has 0 saturated carbocycles. The Morgan fingerprint density at radius 2 is 0.779 bits per heavy atom. The number of anilines is 4. The summed E-state index contributed by atoms with van der Waals surface area (Å²) in [5.74, 6) is 0.284. The molecule has 718 valence electrons. The highest BCUT2D eigenvalue weighted by Crippen LogP contribution is 2.58. The van der Waals surface area contributed by atoms with E-state index < -0.39 is 95.7 Å². The largest absolute Gasteiger partial charge is 0.509 e. The monoisotopic (exact) mass is 1880 g/mol. The number of carbonyl (C=O) groups excluding carboxylic acids is 10. The fourth-order valence-corrected chi connectivity index (χ4v) is 15.5. The predicted octanol–water partition coefficient (Wildman–Crippen LogP) is 11.9. The second kappa shape index (κ2) is 44.3. The van der Waals surface area contributed by atoms with Crippen LogP contribution in [-0.2, 0) is 62.1 Å². The maximum absolute atomic E-state index is 14.0. The zero-order valence-electron chi connectivity index (χ0n) is 77.4. The number of β-lactam (4-membered cyclic amide) rings is 3. The molecule has 5 aliphatic rings. The average molecular weight is 1880 g/mol. The fraction of sp³-hybridized carbons (Fsp3) is 0.278. The van der Waals surface area contributed by atoms with Gasteiger partial charge in [-0.3, -0.25) is 33.8 Å². The van der Waals surface area contributed by atoms with Gasteiger partial charge in [0.25, 0.3) is 23.3 Å². The number of methoxy groups -OCH3 is 16. The third-order valence-corrected chi connectivity index (χ3v) is 21.8. The van der Waals surface area contributed by atoms with Crippen LogP contribution >= 0.6 is 0 Å². The van der Waals surface area contributed by atoms with Crippen molar-refractivity contribution in [1.82, 2.24) is 5.32 Å². The Balaban J connectivity index is 0.000000189. The first-order chi connectivity index (χ1) is 65.3. The molecule has 8 aromatic carbocycles. The van der Waals surface area contributed by atoms with Crippen molar-refractivity contribution in [3.05, 3.63) is 219 Å². The molecule has 0 aromatic heterocycles. The van der Waals surface area contributed by atoms with Gasteiger partial charge in [-0.25, -0.2) is 24.0 Å². The number of nitrogens with zero attached hydrogens (tertiary/aromatic N) is 4. The molecule has 7 atom stereocenters. The Morgan fingerprint density at radius 1 is 0.412 bits per heavy atom. The van der Waals surface area contributed by atoms with Crippen molar-refractivity contribution in [3.63, 3.8) is 0 Å². The first kappa shape index (κ1) is 101. The van der Waals surface area contributed by atoms with Crippen molar-refractivity contribution in [1.29, 1.82) is 0 Å². The normalized spacial score (nSPS) is 17.7. The molecule has 5 aliphatic heterocycles. The first-order valence-electron chi connectivity index (χ1n) is 40.7. The number of phenols is 1. The van der Waals surface area contributed by atoms with E-state index in [1.165, 1.54) is 138 Å². The third-order valence-electron chi connectivity index (χ3n) is 21.8. The molecule has 0 bridgehead atoms. The van der Waals surface area contributed by atoms with Crippen molar-refractivity contribution >= 4 is 82.4 Å². The highest BCUT2D eigenvalue weighted by molar-refractivity contribution is 6.12. The summed E-state index contributed by atoms with van der Waals surface area (Å²) in [6, 6.07) is 29.3. The lowest BCUT2D eigenvalue weighted by atomic mass is 9.77. The number of amides is 4. The molecule has 5 saturated heterocycles. The minimum Gasteiger partial charge on any atom is -0.504 e. The van der Waals surface area contributed by atoms with E-state index in [9.17, 15) is 53.1 Å². The van der Waals surface area contributed by atoms with E-state index in [0.717, 1.165) is 47.2 Å². The summed E-state index contributed by atoms with van der Waals surface area (Å²) in [6.45, 7) is 22.2. The molecule has 0 unspecified atom stereocenters. The molecule has 8 aromatic rings. The zero-order chi connectivity index (χ0) is 99.5. The highest BCUT2D eigenvalue weighted by Gasteiger charge is 2.70. The standard InChI is InChI=1S/C29H29NO11.C25H26N2O8.C23H23NO10.C20H23NO5/c1-8-23(31)39-16-29(41-25(33)10-3)27(17-11-12-19(35-4)20(13-17)40-24(32)9-2)30(28(29)34)18-14-21(36-5)26(38-7)22(15-18)37-6;1-7-20(28)26-22-23(14-9-10-16(31-3)17(11-14)35-21(29)8-2)27(25(22)30)15-12-18(32-4)24(34-6)19(13-15)33-5;1-12(25)33-16-8-13(6-7-15(16)28-2)20-23(11-32-22(27)34-23)21(26)24(20)14-9-17(29-3)19(31-5)18(10-14)30-4;1-12-11-21(19(12)13-6-7-16(23-2)15(22)8-13)14-9-17(24-3)20(26-5)18(10-14)25-4/h8-15,27H,1-3,16H2,4-7H3;7-13,22-23H,1-2H2,3-6H3,(H,26,28);6-10,20H,11H2,1-5H3;6-10,19,22H,1,11H2,2-5H3/t27-,29-;22-,23-;20-,23-;19-/m0001/s1. The number of esters is 5. The van der Waals surface area contributed by atoms with Gasteiger partial charge in [0.15, 0.2) is 92.0 Å². The van der Waals surface area contributed by atoms with E-state index in [1.54, 1.807) is 100 Å². The molecular weight excluding hydrogens is 1780 g/mol. The second-order valence-electron chi connectivity index (χ2n) is 29.1. The van der Waals surface area contributed by atoms with Gasteiger partial charge in [0.2, 0.25) is 34.5 Å². The molecule has 5 heterocycles. The zero-order valence-corrected chi connectivity index (χ0v) is 77.4. The van der Waals surface area contributed by atoms with Gasteiger partial charge in [-0.15, -0.1) is 0 Å². The topological polar surface area (TPSA) is 428 Å². The van der Waals surface area contributed by atoms with Crippen LogP contribution in [0.25, 0.3) is 0 Å². The lowest BCUT2D eigenvalue weighted by Crippen LogP contribution is -2.72. The van der Waals surface area contributed by atoms with Gasteiger partial charge < -0.3 is 129 Å². The summed E-state index contributed by atoms with van der Waals surface area (Å²) in [6.07, 6.45) is 3.89. The molecule has 1 spiro atoms. The van der Waals surface area contributed by atoms with Crippen LogP contribution < -0.4 is 115 Å². The van der Waals surface area contributed by atoms with Crippen LogP contribution in [-0.4, -0.2) is 215 Å². The quantitative estimate of drug-likeness (QED) is 0.00919. The Kier molecular flexibility index (Phi) is 33.0. The summed E-state index contributed by atoms with van der Waals surface area (Å²) in [5, 5.41) is 12.8. The van der Waals surface area contributed by atoms with Crippen molar-refractivity contribution in [2.24, 2.45) is 0 Å². The first-order valence-corrected chi connectivity index (χ1v) is 40.7. The minimum absolute atomic E-state index is 0.00822. The van der Waals surface area contributed by atoms with Crippen molar-refractivity contribution in [2.45, 2.75) is 48.3 Å². The van der Waals surface area contributed by atoms with E-state index in [2.05, 4.69) is 49.7 Å². The second-order valence-corrected chi connectivity index (χ2v) is 29.1. The SMILES string of the molecule is C=C1CN(c2cc(OC)c(OC)c(OC)c2)[C@H]1c1ccc(OC)c(O)c1.C=CC(=O)N[C@@H]1C(=O)N(c2cc(OC)c(OC)c(OC)c2)[C@H]1c1ccc(OC)c(OC(=O)C=C)c1.C=CC(=O)OC[C@@]1(OC(=O)C=C)C(=O)N(c2cc(OC)c(OC)c(OC)c2)[C@H]1c1ccc(OC)c(OC(=O)C=C)c1.COc1ccc([C@@H]2N(c3cc(OC)c(OC)c(OC)c3)C(=O)[C@]23COC(=O)O3)cc1OC(C)=O. The van der Waals surface area contributed by atoms with E-state index >= 15 is 0 Å². The number of hydrogen-bond acceptors (Lipinski definition) is 35. The summed E-state index contributed by atoms with van der Waals surface area (Å²) < 4.78 is 123. The molecule has 39 heteroatoms. The summed E-state index contributed by atoms with van der Waals surface area (Å²) in [5.41, 5.74) is 1.79. The van der Waals surface area contributed by atoms with Crippen LogP contribution in [0.2, 0.25) is 0 Å². The van der Waals surface area contributed by atoms with Gasteiger partial charge in [0.05, 0.1) is 143 Å². The Morgan fingerprint density at radius 3 is 1.15 bits per heavy atom. The maximum Gasteiger partial charge on any atom is 0.509 e. The molecular formula is C97H101N5O34. The number of ether oxygens (including phenoxy) is 23. The van der Waals surface area contributed by atoms with Gasteiger partial charge in [-0.1, -0.05) is 63.7 Å². The molecule has 4 amide bonds. The van der Waals surface area contributed by atoms with Gasteiger partial charge in [0.1, 0.15) is 31.3 Å². The Labute approximate surface area is 781 Å². The number of cyclic esters (lactones) is 1. The van der Waals surface area contributed by atoms with Gasteiger partial charge >= 0.3 is 36.0 Å². The van der Waals surface area contributed by atoms with Crippen LogP contribution in [0.3, 0.4) is 0 Å². The van der Waals surface area contributed by atoms with Crippen LogP contribution in [0.1, 0.15) is 53.3 Å². The molecule has 2 N–H and O–H groups in total. The van der Waals surface area contributed by atoms with Crippen LogP contribution in [0.5, 0.6) is 115 Å². The number of phenolic OH excluding ortho intramolecular Hbond substituents is 1. The summed E-state index contributed by atoms with van der Waals surface area (Å²) >= 11 is 0. The lowest BCUT2D eigenvalue weighted by molar-refractivity contribution is -0.187. The van der Waals surface area contributed by atoms with Crippen molar-refractivity contribution in [3.8, 4) is 115 Å². The van der Waals surface area contributed by atoms with Crippen molar-refractivity contribution in [2.75, 3.05) is 153 Å². The van der Waals surface area contributed by atoms with Crippen molar-refractivity contribution < 1.29 is 162 Å². The van der Waals surface area contributed by atoms with E-state index in [-0.39, 0.29) is 70.2 Å². The van der Waals surface area contributed by atoms with E-state index in [4.69, 9.17) is 109 Å². The van der Waals surface area contributed by atoms with E-state index in [0.29, 0.717) is 104 Å². The molecule has 39 nitrogen and oxygen atoms in total. The van der Waals surface area contributed by atoms with Crippen LogP contribution in [0.4, 0.5) is 27.5 Å². The van der Waals surface area contributed by atoms with Crippen LogP contribution in [0.15, 0.2) is 197 Å². The summed E-state index contributed by atoms with van der Waals surface area (Å²) in [4.78, 5) is 131. The average Bonchev–Trinajstić information content (AvgIpc) is 1.08. The third kappa shape index (κ3) is 20.3. The molecule has 136 heavy (non-hydrogen) atoms. The van der Waals surface area contributed by atoms with Crippen LogP contribution in [0, 0.1) is 0 Å². The molecule has 0 aliphatic carbocycles. The number of carbonyl (C=O) groups is 10. The lowest BCUT2D eigenvalue weighted by Gasteiger charge is -2.54. The number of hydrogen-bond donors (Lipinski definition) is 2. The fourth-order valence-electron chi connectivity index (χ4n) is 15.5. The smallest absolute Gasteiger partial charge is 0.504 e. The minimum atomic E-state index is -2.06. The molecule has 13 rings (SSSR count). The van der Waals surface area contributed by atoms with Gasteiger partial charge in [0, 0.05) is 92.0 Å². The Bertz CT molecular complexity index is 5890. The number of rotatable bonds is 36. The molecule has 5 fully saturated rings. The molecule has 0 radical (unpaired) electrons. The Hall–Kier alpha value is -16.9. The number of benzene rings is 8. The van der Waals surface area contributed by atoms with Gasteiger partial charge in [-0.05, 0) is 82.4 Å². The van der Waals surface area contributed by atoms with Gasteiger partial charge in [-0.2, -0.15) is 0 Å². The predicted molar refractivity (Wildman–Crippen MR) is 488 cm³/mol. The maximum atomic E-state index is 14.0. The number of aromatic hydroxyl groups is 1. The number of nitrogens with one attached hydrogen (secondary N) is 1. The summed E-state index contributed by atoms with van der Waals surface area (Å²) in [7, 11) is 23.6. The highest BCUT2D eigenvalue weighted by atomic mass is 16.8. The van der Waals surface area contributed by atoms with E-state index in [1.807, 2.05) is 18.2 Å².